The number of pyridine rings is 1. The van der Waals surface area contributed by atoms with Gasteiger partial charge in [-0.15, -0.1) is 0 Å². The average molecular weight is 577 g/mol. The maximum absolute atomic E-state index is 5.99. The minimum atomic E-state index is 0. The van der Waals surface area contributed by atoms with Crippen molar-refractivity contribution in [2.24, 2.45) is 0 Å². The van der Waals surface area contributed by atoms with E-state index in [0.717, 1.165) is 12.1 Å². The van der Waals surface area contributed by atoms with Gasteiger partial charge in [-0.3, -0.25) is 0 Å². The lowest BCUT2D eigenvalue weighted by Gasteiger charge is -2.13. The molecule has 182 valence electrons. The molecule has 4 rings (SSSR count). The molecule has 1 aromatic heterocycles. The maximum Gasteiger partial charge on any atom is 0.213 e. The van der Waals surface area contributed by atoms with E-state index in [4.69, 9.17) is 23.7 Å². The molecule has 0 aliphatic carbocycles. The van der Waals surface area contributed by atoms with Gasteiger partial charge in [0, 0.05) is 12.1 Å². The third kappa shape index (κ3) is 7.40. The fourth-order valence-corrected chi connectivity index (χ4v) is 3.74. The van der Waals surface area contributed by atoms with E-state index in [1.807, 2.05) is 18.2 Å². The maximum atomic E-state index is 5.99. The van der Waals surface area contributed by atoms with Crippen molar-refractivity contribution in [2.45, 2.75) is 13.5 Å². The molecule has 0 radical (unpaired) electrons. The van der Waals surface area contributed by atoms with Crippen LogP contribution in [-0.2, 0) is 20.8 Å². The topological polar surface area (TPSA) is 50.0 Å². The third-order valence-electron chi connectivity index (χ3n) is 5.44. The van der Waals surface area contributed by atoms with Gasteiger partial charge < -0.3 is 47.7 Å². The van der Waals surface area contributed by atoms with Crippen LogP contribution in [0.4, 0.5) is 0 Å². The molecule has 1 aliphatic heterocycles. The van der Waals surface area contributed by atoms with E-state index in [2.05, 4.69) is 60.2 Å². The second-order valence-electron chi connectivity index (χ2n) is 7.65. The summed E-state index contributed by atoms with van der Waals surface area (Å²) in [6, 6.07) is 16.6. The van der Waals surface area contributed by atoms with E-state index in [-0.39, 0.29) is 24.0 Å². The lowest BCUT2D eigenvalue weighted by atomic mass is 10.1. The van der Waals surface area contributed by atoms with Crippen LogP contribution >= 0.6 is 0 Å². The number of hydrogen-bond acceptors (Lipinski definition) is 5. The molecular formula is C27H32INO5. The Hall–Kier alpha value is -2.20. The standard InChI is InChI=1S/C27H32NO5.HI/c1-2-28-12-11-23(24-5-3-4-6-25(24)28)9-7-22-8-10-26-27(21-22)33-20-18-31-16-14-29-13-15-30-17-19-32-26;/h3-12,21H,2,13-20H2,1H3;1H/q+1;/p-1/b9-7+;. The van der Waals surface area contributed by atoms with E-state index >= 15 is 0 Å². The van der Waals surface area contributed by atoms with Gasteiger partial charge in [0.25, 0.3) is 0 Å². The van der Waals surface area contributed by atoms with Crippen molar-refractivity contribution in [3.63, 3.8) is 0 Å². The highest BCUT2D eigenvalue weighted by atomic mass is 127. The van der Waals surface area contributed by atoms with Crippen LogP contribution < -0.4 is 38.0 Å². The molecule has 6 nitrogen and oxygen atoms in total. The highest BCUT2D eigenvalue weighted by molar-refractivity contribution is 5.88. The van der Waals surface area contributed by atoms with E-state index in [1.54, 1.807) is 0 Å². The van der Waals surface area contributed by atoms with Crippen molar-refractivity contribution >= 4 is 23.1 Å². The smallest absolute Gasteiger partial charge is 0.213 e. The molecule has 2 heterocycles. The number of aryl methyl sites for hydroxylation is 1. The van der Waals surface area contributed by atoms with Crippen LogP contribution in [0.3, 0.4) is 0 Å². The first-order chi connectivity index (χ1) is 16.3. The first kappa shape index (κ1) is 26.4. The van der Waals surface area contributed by atoms with Gasteiger partial charge in [0.15, 0.2) is 17.7 Å². The molecule has 3 aromatic rings. The van der Waals surface area contributed by atoms with Gasteiger partial charge in [-0.05, 0) is 36.2 Å². The summed E-state index contributed by atoms with van der Waals surface area (Å²) >= 11 is 0. The molecule has 0 saturated heterocycles. The zero-order chi connectivity index (χ0) is 22.7. The van der Waals surface area contributed by atoms with Crippen LogP contribution in [0.2, 0.25) is 0 Å². The summed E-state index contributed by atoms with van der Waals surface area (Å²) in [6.45, 7) is 7.18. The molecule has 34 heavy (non-hydrogen) atoms. The molecule has 7 heteroatoms. The predicted molar refractivity (Wildman–Crippen MR) is 129 cm³/mol. The van der Waals surface area contributed by atoms with Crippen molar-refractivity contribution in [3.05, 3.63) is 65.9 Å². The molecule has 0 unspecified atom stereocenters. The number of rotatable bonds is 3. The highest BCUT2D eigenvalue weighted by Crippen LogP contribution is 2.29. The quantitative estimate of drug-likeness (QED) is 0.346. The molecule has 0 fully saturated rings. The van der Waals surface area contributed by atoms with Crippen LogP contribution in [0.25, 0.3) is 23.1 Å². The summed E-state index contributed by atoms with van der Waals surface area (Å²) < 4.78 is 30.7. The largest absolute Gasteiger partial charge is 1.00 e. The van der Waals surface area contributed by atoms with E-state index in [0.29, 0.717) is 64.4 Å². The normalized spacial score (nSPS) is 15.9. The van der Waals surface area contributed by atoms with Gasteiger partial charge in [0.2, 0.25) is 5.52 Å². The minimum absolute atomic E-state index is 0. The Bertz CT molecular complexity index is 1070. The number of ether oxygens (including phenoxy) is 5. The van der Waals surface area contributed by atoms with Crippen LogP contribution in [-0.4, -0.2) is 52.9 Å². The number of fused-ring (bicyclic) bond motifs is 2. The Balaban J connectivity index is 0.00000324. The molecule has 0 atom stereocenters. The molecule has 1 aliphatic rings. The van der Waals surface area contributed by atoms with E-state index in [9.17, 15) is 0 Å². The van der Waals surface area contributed by atoms with Crippen molar-refractivity contribution in [2.75, 3.05) is 52.9 Å². The monoisotopic (exact) mass is 577 g/mol. The van der Waals surface area contributed by atoms with Gasteiger partial charge in [-0.1, -0.05) is 30.4 Å². The molecule has 0 spiro atoms. The second-order valence-corrected chi connectivity index (χ2v) is 7.65. The van der Waals surface area contributed by atoms with E-state index in [1.165, 1.54) is 16.5 Å². The molecular weight excluding hydrogens is 545 g/mol. The van der Waals surface area contributed by atoms with Gasteiger partial charge >= 0.3 is 0 Å². The Morgan fingerprint density at radius 2 is 1.38 bits per heavy atom. The summed E-state index contributed by atoms with van der Waals surface area (Å²) in [4.78, 5) is 0. The number of halogens is 1. The molecule has 0 amide bonds. The Morgan fingerprint density at radius 3 is 2.09 bits per heavy atom. The van der Waals surface area contributed by atoms with Gasteiger partial charge in [0.05, 0.1) is 45.0 Å². The van der Waals surface area contributed by atoms with Gasteiger partial charge in [-0.2, -0.15) is 4.57 Å². The van der Waals surface area contributed by atoms with Gasteiger partial charge in [0.1, 0.15) is 19.8 Å². The third-order valence-corrected chi connectivity index (χ3v) is 5.44. The van der Waals surface area contributed by atoms with Crippen molar-refractivity contribution in [1.82, 2.24) is 0 Å². The van der Waals surface area contributed by atoms with Crippen LogP contribution in [0.15, 0.2) is 54.7 Å². The highest BCUT2D eigenvalue weighted by Gasteiger charge is 2.10. The Kier molecular flexibility index (Phi) is 11.1. The molecule has 0 bridgehead atoms. The second kappa shape index (κ2) is 14.3. The first-order valence-electron chi connectivity index (χ1n) is 11.6. The predicted octanol–water partition coefficient (Wildman–Crippen LogP) is 1.14. The fraction of sp³-hybridized carbons (Fsp3) is 0.370. The fourth-order valence-electron chi connectivity index (χ4n) is 3.74. The van der Waals surface area contributed by atoms with Crippen molar-refractivity contribution < 1.29 is 52.2 Å². The van der Waals surface area contributed by atoms with Crippen LogP contribution in [0.1, 0.15) is 18.1 Å². The summed E-state index contributed by atoms with van der Waals surface area (Å²) in [6.07, 6.45) is 6.39. The molecule has 0 saturated carbocycles. The summed E-state index contributed by atoms with van der Waals surface area (Å²) in [7, 11) is 0. The summed E-state index contributed by atoms with van der Waals surface area (Å²) in [5.41, 5.74) is 3.44. The lowest BCUT2D eigenvalue weighted by molar-refractivity contribution is -0.667. The molecule has 2 aromatic carbocycles. The zero-order valence-electron chi connectivity index (χ0n) is 19.6. The lowest BCUT2D eigenvalue weighted by Crippen LogP contribution is -3.00. The number of benzene rings is 2. The number of hydrogen-bond donors (Lipinski definition) is 0. The minimum Gasteiger partial charge on any atom is -1.00 e. The number of nitrogens with zero attached hydrogens (tertiary/aromatic N) is 1. The van der Waals surface area contributed by atoms with Crippen molar-refractivity contribution in [1.29, 1.82) is 0 Å². The SMILES string of the molecule is CC[n+]1ccc(/C=C/c2ccc3c(c2)OCCOCCOCCOCCO3)c2ccccc21.[I-]. The Labute approximate surface area is 218 Å². The average Bonchev–Trinajstić information content (AvgIpc) is 2.86. The first-order valence-corrected chi connectivity index (χ1v) is 11.6. The number of aromatic nitrogens is 1. The Morgan fingerprint density at radius 1 is 0.735 bits per heavy atom. The van der Waals surface area contributed by atoms with Crippen LogP contribution in [0.5, 0.6) is 11.5 Å². The van der Waals surface area contributed by atoms with Crippen molar-refractivity contribution in [3.8, 4) is 11.5 Å². The van der Waals surface area contributed by atoms with Gasteiger partial charge in [-0.25, -0.2) is 0 Å². The molecule has 0 N–H and O–H groups in total. The number of para-hydroxylation sites is 1. The zero-order valence-corrected chi connectivity index (χ0v) is 21.7. The van der Waals surface area contributed by atoms with E-state index < -0.39 is 0 Å². The van der Waals surface area contributed by atoms with Crippen LogP contribution in [0, 0.1) is 0 Å². The summed E-state index contributed by atoms with van der Waals surface area (Å²) in [5, 5.41) is 1.23. The summed E-state index contributed by atoms with van der Waals surface area (Å²) in [5.74, 6) is 1.41.